The number of nitrogens with one attached hydrogen (secondary N) is 2. The Morgan fingerprint density at radius 1 is 1.20 bits per heavy atom. The molecule has 0 atom stereocenters. The summed E-state index contributed by atoms with van der Waals surface area (Å²) in [6.45, 7) is 9.36. The molecule has 7 heteroatoms. The molecule has 0 spiro atoms. The van der Waals surface area contributed by atoms with Crippen LogP contribution in [-0.4, -0.2) is 34.9 Å². The Balaban J connectivity index is 2.02. The van der Waals surface area contributed by atoms with Gasteiger partial charge in [0.25, 0.3) is 0 Å². The Hall–Kier alpha value is -2.57. The molecule has 0 amide bonds. The van der Waals surface area contributed by atoms with Crippen LogP contribution in [0.2, 0.25) is 0 Å². The summed E-state index contributed by atoms with van der Waals surface area (Å²) in [6.07, 6.45) is 1.83. The zero-order valence-corrected chi connectivity index (χ0v) is 16.2. The van der Waals surface area contributed by atoms with E-state index in [9.17, 15) is 0 Å². The minimum absolute atomic E-state index is 0.577. The van der Waals surface area contributed by atoms with Gasteiger partial charge in [0, 0.05) is 49.2 Å². The standard InChI is InChI=1S/C18H28N6O/c1-11-8-20-16(12(2)17(11)25-7)10-22-18(19-5)21-9-15-13(3)23-24(6)14(15)4/h8H,9-10H2,1-7H3,(H2,19,21,22). The minimum Gasteiger partial charge on any atom is -0.496 e. The largest absolute Gasteiger partial charge is 0.496 e. The Labute approximate surface area is 149 Å². The van der Waals surface area contributed by atoms with E-state index in [1.54, 1.807) is 14.2 Å². The molecular weight excluding hydrogens is 316 g/mol. The molecule has 0 aliphatic heterocycles. The van der Waals surface area contributed by atoms with E-state index < -0.39 is 0 Å². The van der Waals surface area contributed by atoms with Crippen molar-refractivity contribution in [3.63, 3.8) is 0 Å². The van der Waals surface area contributed by atoms with Crippen molar-refractivity contribution in [3.8, 4) is 5.75 Å². The maximum Gasteiger partial charge on any atom is 0.191 e. The number of ether oxygens (including phenoxy) is 1. The van der Waals surface area contributed by atoms with Crippen LogP contribution in [0.15, 0.2) is 11.2 Å². The van der Waals surface area contributed by atoms with Gasteiger partial charge >= 0.3 is 0 Å². The van der Waals surface area contributed by atoms with Gasteiger partial charge in [0.2, 0.25) is 0 Å². The van der Waals surface area contributed by atoms with E-state index in [0.717, 1.165) is 39.9 Å². The topological polar surface area (TPSA) is 76.4 Å². The Kier molecular flexibility index (Phi) is 6.01. The molecule has 0 unspecified atom stereocenters. The van der Waals surface area contributed by atoms with Gasteiger partial charge in [-0.15, -0.1) is 0 Å². The summed E-state index contributed by atoms with van der Waals surface area (Å²) in [7, 11) is 5.40. The fourth-order valence-corrected chi connectivity index (χ4v) is 2.88. The molecule has 136 valence electrons. The van der Waals surface area contributed by atoms with E-state index in [0.29, 0.717) is 13.1 Å². The number of methoxy groups -OCH3 is 1. The smallest absolute Gasteiger partial charge is 0.191 e. The molecular formula is C18H28N6O. The third-order valence-electron chi connectivity index (χ3n) is 4.49. The van der Waals surface area contributed by atoms with Crippen molar-refractivity contribution < 1.29 is 4.74 Å². The molecule has 0 aromatic carbocycles. The first-order valence-corrected chi connectivity index (χ1v) is 8.31. The van der Waals surface area contributed by atoms with E-state index in [1.807, 2.05) is 38.7 Å². The number of nitrogens with zero attached hydrogens (tertiary/aromatic N) is 4. The Bertz CT molecular complexity index is 778. The lowest BCUT2D eigenvalue weighted by Crippen LogP contribution is -2.37. The van der Waals surface area contributed by atoms with Gasteiger partial charge in [-0.25, -0.2) is 0 Å². The van der Waals surface area contributed by atoms with E-state index >= 15 is 0 Å². The number of pyridine rings is 1. The van der Waals surface area contributed by atoms with Crippen LogP contribution in [0.3, 0.4) is 0 Å². The van der Waals surface area contributed by atoms with Crippen molar-refractivity contribution >= 4 is 5.96 Å². The third-order valence-corrected chi connectivity index (χ3v) is 4.49. The number of hydrogen-bond donors (Lipinski definition) is 2. The van der Waals surface area contributed by atoms with Crippen LogP contribution in [0.5, 0.6) is 5.75 Å². The van der Waals surface area contributed by atoms with Crippen LogP contribution < -0.4 is 15.4 Å². The van der Waals surface area contributed by atoms with Gasteiger partial charge in [-0.3, -0.25) is 14.7 Å². The second kappa shape index (κ2) is 8.00. The van der Waals surface area contributed by atoms with Gasteiger partial charge in [0.05, 0.1) is 25.0 Å². The number of aryl methyl sites for hydroxylation is 3. The van der Waals surface area contributed by atoms with Crippen molar-refractivity contribution in [2.45, 2.75) is 40.8 Å². The normalized spacial score (nSPS) is 11.6. The van der Waals surface area contributed by atoms with Crippen molar-refractivity contribution in [1.82, 2.24) is 25.4 Å². The van der Waals surface area contributed by atoms with Crippen molar-refractivity contribution in [3.05, 3.63) is 40.0 Å². The van der Waals surface area contributed by atoms with Crippen LogP contribution in [0.1, 0.15) is 33.8 Å². The summed E-state index contributed by atoms with van der Waals surface area (Å²) in [6, 6.07) is 0. The zero-order chi connectivity index (χ0) is 18.6. The van der Waals surface area contributed by atoms with Crippen LogP contribution in [0, 0.1) is 27.7 Å². The fraction of sp³-hybridized carbons (Fsp3) is 0.500. The SMILES string of the molecule is CN=C(NCc1ncc(C)c(OC)c1C)NCc1c(C)nn(C)c1C. The van der Waals surface area contributed by atoms with Crippen molar-refractivity contribution in [2.24, 2.45) is 12.0 Å². The predicted octanol–water partition coefficient (Wildman–Crippen LogP) is 1.92. The number of rotatable bonds is 5. The lowest BCUT2D eigenvalue weighted by molar-refractivity contribution is 0.406. The first-order valence-electron chi connectivity index (χ1n) is 8.31. The number of aliphatic imine (C=N–C) groups is 1. The van der Waals surface area contributed by atoms with Gasteiger partial charge in [-0.1, -0.05) is 0 Å². The molecule has 0 radical (unpaired) electrons. The monoisotopic (exact) mass is 344 g/mol. The summed E-state index contributed by atoms with van der Waals surface area (Å²) in [5.41, 5.74) is 6.40. The molecule has 2 aromatic heterocycles. The van der Waals surface area contributed by atoms with Crippen molar-refractivity contribution in [1.29, 1.82) is 0 Å². The second-order valence-corrected chi connectivity index (χ2v) is 6.10. The third kappa shape index (κ3) is 4.10. The highest BCUT2D eigenvalue weighted by molar-refractivity contribution is 5.79. The van der Waals surface area contributed by atoms with Gasteiger partial charge in [0.1, 0.15) is 5.75 Å². The van der Waals surface area contributed by atoms with E-state index in [2.05, 4.69) is 32.6 Å². The van der Waals surface area contributed by atoms with Gasteiger partial charge in [-0.2, -0.15) is 5.10 Å². The first kappa shape index (κ1) is 18.8. The fourth-order valence-electron chi connectivity index (χ4n) is 2.88. The average Bonchev–Trinajstić information content (AvgIpc) is 2.82. The van der Waals surface area contributed by atoms with Crippen LogP contribution in [0.4, 0.5) is 0 Å². The molecule has 2 rings (SSSR count). The van der Waals surface area contributed by atoms with Crippen molar-refractivity contribution in [2.75, 3.05) is 14.2 Å². The van der Waals surface area contributed by atoms with Gasteiger partial charge in [-0.05, 0) is 27.7 Å². The maximum absolute atomic E-state index is 5.46. The van der Waals surface area contributed by atoms with Gasteiger partial charge in [0.15, 0.2) is 5.96 Å². The highest BCUT2D eigenvalue weighted by Gasteiger charge is 2.12. The number of hydrogen-bond acceptors (Lipinski definition) is 4. The van der Waals surface area contributed by atoms with Crippen LogP contribution in [-0.2, 0) is 20.1 Å². The summed E-state index contributed by atoms with van der Waals surface area (Å²) in [4.78, 5) is 8.79. The molecule has 0 aliphatic rings. The molecule has 0 bridgehead atoms. The van der Waals surface area contributed by atoms with E-state index in [1.165, 1.54) is 5.56 Å². The Morgan fingerprint density at radius 3 is 2.44 bits per heavy atom. The number of guanidine groups is 1. The lowest BCUT2D eigenvalue weighted by Gasteiger charge is -2.15. The molecule has 0 fully saturated rings. The summed E-state index contributed by atoms with van der Waals surface area (Å²) < 4.78 is 7.36. The molecule has 2 aromatic rings. The molecule has 0 aliphatic carbocycles. The van der Waals surface area contributed by atoms with Crippen LogP contribution in [0.25, 0.3) is 0 Å². The molecule has 0 saturated heterocycles. The van der Waals surface area contributed by atoms with E-state index in [-0.39, 0.29) is 0 Å². The summed E-state index contributed by atoms with van der Waals surface area (Å²) >= 11 is 0. The average molecular weight is 344 g/mol. The predicted molar refractivity (Wildman–Crippen MR) is 100.0 cm³/mol. The quantitative estimate of drug-likeness (QED) is 0.640. The second-order valence-electron chi connectivity index (χ2n) is 6.10. The maximum atomic E-state index is 5.46. The summed E-state index contributed by atoms with van der Waals surface area (Å²) in [5, 5.41) is 11.1. The highest BCUT2D eigenvalue weighted by Crippen LogP contribution is 2.23. The van der Waals surface area contributed by atoms with Gasteiger partial charge < -0.3 is 15.4 Å². The van der Waals surface area contributed by atoms with E-state index in [4.69, 9.17) is 4.74 Å². The molecule has 25 heavy (non-hydrogen) atoms. The first-order chi connectivity index (χ1) is 11.9. The minimum atomic E-state index is 0.577. The molecule has 7 nitrogen and oxygen atoms in total. The zero-order valence-electron chi connectivity index (χ0n) is 16.2. The van der Waals surface area contributed by atoms with Crippen LogP contribution >= 0.6 is 0 Å². The molecule has 2 heterocycles. The molecule has 2 N–H and O–H groups in total. The Morgan fingerprint density at radius 2 is 1.88 bits per heavy atom. The lowest BCUT2D eigenvalue weighted by atomic mass is 10.1. The number of aromatic nitrogens is 3. The summed E-state index contributed by atoms with van der Waals surface area (Å²) in [5.74, 6) is 1.61. The highest BCUT2D eigenvalue weighted by atomic mass is 16.5. The molecule has 0 saturated carbocycles.